The Morgan fingerprint density at radius 2 is 1.70 bits per heavy atom. The average molecular weight is 316 g/mol. The number of hydrogen-bond donors (Lipinski definition) is 1. The SMILES string of the molecule is CCCC(=O)N1CCC(C(=O)Nc2c(C)cc(C)cc2C)CC1. The molecule has 1 aromatic rings. The fourth-order valence-electron chi connectivity index (χ4n) is 3.37. The fourth-order valence-corrected chi connectivity index (χ4v) is 3.37. The summed E-state index contributed by atoms with van der Waals surface area (Å²) >= 11 is 0. The summed E-state index contributed by atoms with van der Waals surface area (Å²) in [5.74, 6) is 0.306. The average Bonchev–Trinajstić information content (AvgIpc) is 2.51. The topological polar surface area (TPSA) is 49.4 Å². The summed E-state index contributed by atoms with van der Waals surface area (Å²) in [6.07, 6.45) is 3.00. The van der Waals surface area contributed by atoms with Crippen LogP contribution in [0.4, 0.5) is 5.69 Å². The molecule has 0 atom stereocenters. The molecule has 2 rings (SSSR count). The molecular weight excluding hydrogens is 288 g/mol. The highest BCUT2D eigenvalue weighted by Gasteiger charge is 2.27. The van der Waals surface area contributed by atoms with Crippen LogP contribution in [0.3, 0.4) is 0 Å². The molecule has 1 aliphatic heterocycles. The lowest BCUT2D eigenvalue weighted by Crippen LogP contribution is -2.41. The molecule has 0 aliphatic carbocycles. The first-order valence-electron chi connectivity index (χ1n) is 8.58. The Morgan fingerprint density at radius 1 is 1.13 bits per heavy atom. The number of benzene rings is 1. The summed E-state index contributed by atoms with van der Waals surface area (Å²) in [4.78, 5) is 26.4. The van der Waals surface area contributed by atoms with Gasteiger partial charge in [0.05, 0.1) is 0 Å². The van der Waals surface area contributed by atoms with Crippen LogP contribution in [0, 0.1) is 26.7 Å². The van der Waals surface area contributed by atoms with E-state index in [2.05, 4.69) is 24.4 Å². The monoisotopic (exact) mass is 316 g/mol. The largest absolute Gasteiger partial charge is 0.343 e. The third-order valence-electron chi connectivity index (χ3n) is 4.61. The number of aryl methyl sites for hydroxylation is 3. The Labute approximate surface area is 139 Å². The van der Waals surface area contributed by atoms with Crippen molar-refractivity contribution in [3.8, 4) is 0 Å². The van der Waals surface area contributed by atoms with Crippen LogP contribution in [0.25, 0.3) is 0 Å². The summed E-state index contributed by atoms with van der Waals surface area (Å²) in [5, 5.41) is 3.10. The van der Waals surface area contributed by atoms with E-state index in [-0.39, 0.29) is 17.7 Å². The lowest BCUT2D eigenvalue weighted by Gasteiger charge is -2.31. The number of carbonyl (C=O) groups excluding carboxylic acids is 2. The molecule has 0 saturated carbocycles. The van der Waals surface area contributed by atoms with Crippen LogP contribution in [0.2, 0.25) is 0 Å². The zero-order chi connectivity index (χ0) is 17.0. The van der Waals surface area contributed by atoms with E-state index in [0.717, 1.165) is 36.1 Å². The number of nitrogens with zero attached hydrogens (tertiary/aromatic N) is 1. The second kappa shape index (κ2) is 7.62. The molecule has 4 nitrogen and oxygen atoms in total. The van der Waals surface area contributed by atoms with Gasteiger partial charge >= 0.3 is 0 Å². The van der Waals surface area contributed by atoms with Gasteiger partial charge < -0.3 is 10.2 Å². The van der Waals surface area contributed by atoms with Crippen molar-refractivity contribution >= 4 is 17.5 Å². The third kappa shape index (κ3) is 4.34. The molecule has 0 spiro atoms. The molecule has 2 amide bonds. The molecule has 0 unspecified atom stereocenters. The molecule has 1 aliphatic rings. The highest BCUT2D eigenvalue weighted by Crippen LogP contribution is 2.25. The molecule has 1 fully saturated rings. The smallest absolute Gasteiger partial charge is 0.227 e. The van der Waals surface area contributed by atoms with Crippen LogP contribution in [0.5, 0.6) is 0 Å². The van der Waals surface area contributed by atoms with Gasteiger partial charge in [-0.15, -0.1) is 0 Å². The zero-order valence-corrected chi connectivity index (χ0v) is 14.7. The third-order valence-corrected chi connectivity index (χ3v) is 4.61. The van der Waals surface area contributed by atoms with Crippen LogP contribution in [-0.4, -0.2) is 29.8 Å². The minimum Gasteiger partial charge on any atom is -0.343 e. The van der Waals surface area contributed by atoms with Gasteiger partial charge in [0.1, 0.15) is 0 Å². The first-order chi connectivity index (χ1) is 10.9. The van der Waals surface area contributed by atoms with Crippen molar-refractivity contribution in [2.75, 3.05) is 18.4 Å². The molecular formula is C19H28N2O2. The van der Waals surface area contributed by atoms with E-state index >= 15 is 0 Å². The van der Waals surface area contributed by atoms with Crippen molar-refractivity contribution in [2.45, 2.75) is 53.4 Å². The molecule has 1 N–H and O–H groups in total. The van der Waals surface area contributed by atoms with Gasteiger partial charge in [-0.25, -0.2) is 0 Å². The summed E-state index contributed by atoms with van der Waals surface area (Å²) in [7, 11) is 0. The quantitative estimate of drug-likeness (QED) is 0.923. The molecule has 126 valence electrons. The highest BCUT2D eigenvalue weighted by atomic mass is 16.2. The van der Waals surface area contributed by atoms with Crippen LogP contribution < -0.4 is 5.32 Å². The van der Waals surface area contributed by atoms with Gasteiger partial charge in [-0.3, -0.25) is 9.59 Å². The van der Waals surface area contributed by atoms with Gasteiger partial charge in [0, 0.05) is 31.1 Å². The van der Waals surface area contributed by atoms with Crippen molar-refractivity contribution in [1.29, 1.82) is 0 Å². The predicted octanol–water partition coefficient (Wildman–Crippen LogP) is 3.59. The Balaban J connectivity index is 1.95. The molecule has 1 heterocycles. The number of anilines is 1. The zero-order valence-electron chi connectivity index (χ0n) is 14.7. The summed E-state index contributed by atoms with van der Waals surface area (Å²) < 4.78 is 0. The number of rotatable bonds is 4. The lowest BCUT2D eigenvalue weighted by atomic mass is 9.95. The summed E-state index contributed by atoms with van der Waals surface area (Å²) in [6, 6.07) is 4.18. The maximum absolute atomic E-state index is 12.5. The van der Waals surface area contributed by atoms with E-state index in [1.54, 1.807) is 0 Å². The van der Waals surface area contributed by atoms with Crippen LogP contribution >= 0.6 is 0 Å². The second-order valence-corrected chi connectivity index (χ2v) is 6.67. The molecule has 1 saturated heterocycles. The Morgan fingerprint density at radius 3 is 2.22 bits per heavy atom. The van der Waals surface area contributed by atoms with Gasteiger partial charge in [0.15, 0.2) is 0 Å². The van der Waals surface area contributed by atoms with Crippen molar-refractivity contribution in [3.63, 3.8) is 0 Å². The molecule has 0 bridgehead atoms. The van der Waals surface area contributed by atoms with Crippen molar-refractivity contribution < 1.29 is 9.59 Å². The van der Waals surface area contributed by atoms with Gasteiger partial charge in [-0.05, 0) is 51.2 Å². The van der Waals surface area contributed by atoms with Crippen molar-refractivity contribution in [1.82, 2.24) is 4.90 Å². The summed E-state index contributed by atoms with van der Waals surface area (Å²) in [5.41, 5.74) is 4.35. The van der Waals surface area contributed by atoms with E-state index in [1.807, 2.05) is 25.7 Å². The predicted molar refractivity (Wildman–Crippen MR) is 93.5 cm³/mol. The minimum atomic E-state index is 0.000722. The first-order valence-corrected chi connectivity index (χ1v) is 8.58. The van der Waals surface area contributed by atoms with E-state index in [4.69, 9.17) is 0 Å². The Kier molecular flexibility index (Phi) is 5.80. The minimum absolute atomic E-state index is 0.000722. The van der Waals surface area contributed by atoms with Crippen LogP contribution in [-0.2, 0) is 9.59 Å². The van der Waals surface area contributed by atoms with E-state index in [1.165, 1.54) is 5.56 Å². The van der Waals surface area contributed by atoms with E-state index < -0.39 is 0 Å². The lowest BCUT2D eigenvalue weighted by molar-refractivity contribution is -0.134. The number of nitrogens with one attached hydrogen (secondary N) is 1. The highest BCUT2D eigenvalue weighted by molar-refractivity contribution is 5.94. The summed E-state index contributed by atoms with van der Waals surface area (Å²) in [6.45, 7) is 9.54. The number of carbonyl (C=O) groups is 2. The standard InChI is InChI=1S/C19H28N2O2/c1-5-6-17(22)21-9-7-16(8-10-21)19(23)20-18-14(3)11-13(2)12-15(18)4/h11-12,16H,5-10H2,1-4H3,(H,20,23). The normalized spacial score (nSPS) is 15.6. The number of amides is 2. The molecule has 0 radical (unpaired) electrons. The maximum Gasteiger partial charge on any atom is 0.227 e. The van der Waals surface area contributed by atoms with E-state index in [9.17, 15) is 9.59 Å². The molecule has 1 aromatic carbocycles. The molecule has 0 aromatic heterocycles. The molecule has 4 heteroatoms. The Bertz CT molecular complexity index is 564. The fraction of sp³-hybridized carbons (Fsp3) is 0.579. The van der Waals surface area contributed by atoms with Gasteiger partial charge in [-0.1, -0.05) is 24.6 Å². The second-order valence-electron chi connectivity index (χ2n) is 6.67. The van der Waals surface area contributed by atoms with Crippen LogP contribution in [0.1, 0.15) is 49.3 Å². The van der Waals surface area contributed by atoms with E-state index in [0.29, 0.717) is 19.5 Å². The Hall–Kier alpha value is -1.84. The van der Waals surface area contributed by atoms with Gasteiger partial charge in [-0.2, -0.15) is 0 Å². The van der Waals surface area contributed by atoms with Crippen molar-refractivity contribution in [3.05, 3.63) is 28.8 Å². The first kappa shape index (κ1) is 17.5. The van der Waals surface area contributed by atoms with Gasteiger partial charge in [0.25, 0.3) is 0 Å². The van der Waals surface area contributed by atoms with Crippen molar-refractivity contribution in [2.24, 2.45) is 5.92 Å². The number of hydrogen-bond acceptors (Lipinski definition) is 2. The molecule has 23 heavy (non-hydrogen) atoms. The maximum atomic E-state index is 12.5. The number of piperidine rings is 1. The number of likely N-dealkylation sites (tertiary alicyclic amines) is 1. The van der Waals surface area contributed by atoms with Crippen LogP contribution in [0.15, 0.2) is 12.1 Å². The van der Waals surface area contributed by atoms with Gasteiger partial charge in [0.2, 0.25) is 11.8 Å².